The molecule has 0 saturated heterocycles. The van der Waals surface area contributed by atoms with Gasteiger partial charge in [0.15, 0.2) is 0 Å². The lowest BCUT2D eigenvalue weighted by Crippen LogP contribution is -2.61. The average Bonchev–Trinajstić information content (AvgIpc) is 2.69. The molecule has 6 nitrogen and oxygen atoms in total. The zero-order chi connectivity index (χ0) is 22.8. The number of carbonyl (C=O) groups is 2. The van der Waals surface area contributed by atoms with Gasteiger partial charge in [0, 0.05) is 24.0 Å². The summed E-state index contributed by atoms with van der Waals surface area (Å²) in [6.45, 7) is 4.60. The van der Waals surface area contributed by atoms with Gasteiger partial charge in [-0.3, -0.25) is 0 Å². The van der Waals surface area contributed by atoms with E-state index in [4.69, 9.17) is 46.4 Å². The standard InChI is InChI=1S/C21H22Cl4N4O2/c1-21(2)11(10-26-19(30)27-12-3-5-14(22)16(24)8-12)7-18(21)29-20(31)28-13-4-6-15(23)17(25)9-13/h3-6,8-9,11,18H,7,10H2,1-2H3,(H2,26,27,30)(H2,28,29,31)/t11-,18+/m1/s1. The number of benzene rings is 2. The van der Waals surface area contributed by atoms with Gasteiger partial charge in [-0.25, -0.2) is 9.59 Å². The van der Waals surface area contributed by atoms with Crippen molar-refractivity contribution in [1.29, 1.82) is 0 Å². The summed E-state index contributed by atoms with van der Waals surface area (Å²) >= 11 is 23.7. The van der Waals surface area contributed by atoms with Crippen LogP contribution in [0.3, 0.4) is 0 Å². The van der Waals surface area contributed by atoms with Crippen LogP contribution in [0.1, 0.15) is 20.3 Å². The summed E-state index contributed by atoms with van der Waals surface area (Å²) in [6, 6.07) is 9.10. The lowest BCUT2D eigenvalue weighted by atomic mass is 9.58. The number of halogens is 4. The van der Waals surface area contributed by atoms with E-state index in [0.717, 1.165) is 6.42 Å². The number of amides is 4. The molecule has 3 rings (SSSR count). The van der Waals surface area contributed by atoms with Gasteiger partial charge in [0.25, 0.3) is 0 Å². The van der Waals surface area contributed by atoms with Gasteiger partial charge in [0.2, 0.25) is 0 Å². The first kappa shape index (κ1) is 23.8. The fourth-order valence-corrected chi connectivity index (χ4v) is 4.07. The molecule has 0 aliphatic heterocycles. The minimum atomic E-state index is -0.331. The van der Waals surface area contributed by atoms with Gasteiger partial charge in [-0.05, 0) is 54.2 Å². The monoisotopic (exact) mass is 502 g/mol. The molecule has 0 unspecified atom stereocenters. The summed E-state index contributed by atoms with van der Waals surface area (Å²) in [4.78, 5) is 24.5. The van der Waals surface area contributed by atoms with Crippen molar-refractivity contribution < 1.29 is 9.59 Å². The van der Waals surface area contributed by atoms with E-state index in [-0.39, 0.29) is 29.4 Å². The van der Waals surface area contributed by atoms with E-state index in [1.165, 1.54) is 0 Å². The van der Waals surface area contributed by atoms with Crippen LogP contribution in [0.5, 0.6) is 0 Å². The number of urea groups is 2. The van der Waals surface area contributed by atoms with E-state index in [0.29, 0.717) is 38.0 Å². The second-order valence-corrected chi connectivity index (χ2v) is 9.63. The zero-order valence-corrected chi connectivity index (χ0v) is 19.9. The molecule has 1 aliphatic rings. The van der Waals surface area contributed by atoms with Crippen molar-refractivity contribution in [2.24, 2.45) is 11.3 Å². The highest BCUT2D eigenvalue weighted by atomic mass is 35.5. The Bertz CT molecular complexity index is 999. The van der Waals surface area contributed by atoms with E-state index in [9.17, 15) is 9.59 Å². The Morgan fingerprint density at radius 3 is 1.87 bits per heavy atom. The normalized spacial score (nSPS) is 19.2. The van der Waals surface area contributed by atoms with Gasteiger partial charge in [-0.2, -0.15) is 0 Å². The summed E-state index contributed by atoms with van der Waals surface area (Å²) in [5, 5.41) is 12.9. The van der Waals surface area contributed by atoms with Gasteiger partial charge in [0.1, 0.15) is 0 Å². The topological polar surface area (TPSA) is 82.3 Å². The molecule has 0 spiro atoms. The second kappa shape index (κ2) is 9.74. The lowest BCUT2D eigenvalue weighted by Gasteiger charge is -2.52. The first-order valence-corrected chi connectivity index (χ1v) is 11.1. The molecular formula is C21H22Cl4N4O2. The number of hydrogen-bond acceptors (Lipinski definition) is 2. The van der Waals surface area contributed by atoms with Crippen LogP contribution in [0.2, 0.25) is 20.1 Å². The number of anilines is 2. The van der Waals surface area contributed by atoms with Crippen molar-refractivity contribution in [2.45, 2.75) is 26.3 Å². The van der Waals surface area contributed by atoms with Gasteiger partial charge in [0.05, 0.1) is 20.1 Å². The van der Waals surface area contributed by atoms with Crippen LogP contribution < -0.4 is 21.3 Å². The molecule has 4 amide bonds. The molecule has 0 radical (unpaired) electrons. The maximum Gasteiger partial charge on any atom is 0.319 e. The fraction of sp³-hybridized carbons (Fsp3) is 0.333. The van der Waals surface area contributed by atoms with Crippen molar-refractivity contribution in [2.75, 3.05) is 17.2 Å². The second-order valence-electron chi connectivity index (χ2n) is 8.00. The van der Waals surface area contributed by atoms with Gasteiger partial charge in [-0.15, -0.1) is 0 Å². The molecule has 0 aromatic heterocycles. The van der Waals surface area contributed by atoms with E-state index < -0.39 is 0 Å². The third-order valence-electron chi connectivity index (χ3n) is 5.64. The van der Waals surface area contributed by atoms with Crippen LogP contribution in [0.15, 0.2) is 36.4 Å². The molecule has 31 heavy (non-hydrogen) atoms. The molecule has 2 aromatic carbocycles. The van der Waals surface area contributed by atoms with E-state index in [1.807, 2.05) is 0 Å². The Balaban J connectivity index is 1.45. The van der Waals surface area contributed by atoms with Crippen LogP contribution in [0, 0.1) is 11.3 Å². The van der Waals surface area contributed by atoms with Crippen LogP contribution in [0.4, 0.5) is 21.0 Å². The Kier molecular flexibility index (Phi) is 7.47. The zero-order valence-electron chi connectivity index (χ0n) is 16.9. The van der Waals surface area contributed by atoms with E-state index in [2.05, 4.69) is 35.1 Å². The summed E-state index contributed by atoms with van der Waals surface area (Å²) in [5.74, 6) is 0.210. The Morgan fingerprint density at radius 1 is 0.871 bits per heavy atom. The number of hydrogen-bond donors (Lipinski definition) is 4. The Morgan fingerprint density at radius 2 is 1.39 bits per heavy atom. The minimum Gasteiger partial charge on any atom is -0.338 e. The summed E-state index contributed by atoms with van der Waals surface area (Å²) in [7, 11) is 0. The molecule has 2 atom stereocenters. The number of carbonyl (C=O) groups excluding carboxylic acids is 2. The van der Waals surface area contributed by atoms with Crippen LogP contribution in [-0.2, 0) is 0 Å². The highest BCUT2D eigenvalue weighted by molar-refractivity contribution is 6.42. The number of nitrogens with one attached hydrogen (secondary N) is 4. The minimum absolute atomic E-state index is 0.0276. The molecule has 10 heteroatoms. The van der Waals surface area contributed by atoms with Crippen molar-refractivity contribution in [3.63, 3.8) is 0 Å². The van der Waals surface area contributed by atoms with Crippen molar-refractivity contribution in [3.8, 4) is 0 Å². The van der Waals surface area contributed by atoms with Crippen molar-refractivity contribution in [1.82, 2.24) is 10.6 Å². The largest absolute Gasteiger partial charge is 0.338 e. The van der Waals surface area contributed by atoms with Crippen molar-refractivity contribution >= 4 is 69.8 Å². The summed E-state index contributed by atoms with van der Waals surface area (Å²) in [5.41, 5.74) is 0.922. The van der Waals surface area contributed by atoms with Crippen molar-refractivity contribution in [3.05, 3.63) is 56.5 Å². The highest BCUT2D eigenvalue weighted by Gasteiger charge is 2.48. The van der Waals surface area contributed by atoms with Crippen LogP contribution in [-0.4, -0.2) is 24.6 Å². The molecule has 0 bridgehead atoms. The molecule has 0 heterocycles. The molecule has 4 N–H and O–H groups in total. The third-order valence-corrected chi connectivity index (χ3v) is 7.12. The summed E-state index contributed by atoms with van der Waals surface area (Å²) in [6.07, 6.45) is 0.745. The third kappa shape index (κ3) is 5.89. The first-order valence-electron chi connectivity index (χ1n) is 9.58. The molecule has 1 fully saturated rings. The molecule has 166 valence electrons. The Hall–Kier alpha value is -1.86. The van der Waals surface area contributed by atoms with Gasteiger partial charge >= 0.3 is 12.1 Å². The van der Waals surface area contributed by atoms with E-state index >= 15 is 0 Å². The molecule has 1 saturated carbocycles. The quantitative estimate of drug-likeness (QED) is 0.368. The predicted octanol–water partition coefficient (Wildman–Crippen LogP) is 6.66. The maximum atomic E-state index is 12.3. The SMILES string of the molecule is CC1(C)[C@@H](CNC(=O)Nc2ccc(Cl)c(Cl)c2)C[C@@H]1NC(=O)Nc1ccc(Cl)c(Cl)c1. The maximum absolute atomic E-state index is 12.3. The number of rotatable bonds is 5. The van der Waals surface area contributed by atoms with E-state index in [1.54, 1.807) is 36.4 Å². The first-order chi connectivity index (χ1) is 14.6. The average molecular weight is 504 g/mol. The van der Waals surface area contributed by atoms with Gasteiger partial charge < -0.3 is 21.3 Å². The lowest BCUT2D eigenvalue weighted by molar-refractivity contribution is 0.0244. The van der Waals surface area contributed by atoms with Crippen LogP contribution in [0.25, 0.3) is 0 Å². The summed E-state index contributed by atoms with van der Waals surface area (Å²) < 4.78 is 0. The smallest absolute Gasteiger partial charge is 0.319 e. The molecule has 2 aromatic rings. The Labute approximate surface area is 201 Å². The fourth-order valence-electron chi connectivity index (χ4n) is 3.47. The van der Waals surface area contributed by atoms with Gasteiger partial charge in [-0.1, -0.05) is 60.3 Å². The highest BCUT2D eigenvalue weighted by Crippen LogP contribution is 2.45. The molecular weight excluding hydrogens is 482 g/mol. The van der Waals surface area contributed by atoms with Crippen LogP contribution >= 0.6 is 46.4 Å². The molecule has 1 aliphatic carbocycles. The predicted molar refractivity (Wildman–Crippen MR) is 128 cm³/mol.